The summed E-state index contributed by atoms with van der Waals surface area (Å²) in [6, 6.07) is 12.5. The predicted octanol–water partition coefficient (Wildman–Crippen LogP) is 5.58. The predicted molar refractivity (Wildman–Crippen MR) is 121 cm³/mol. The molecule has 0 atom stereocenters. The molecule has 0 saturated carbocycles. The van der Waals surface area contributed by atoms with Crippen LogP contribution in [0.1, 0.15) is 21.5 Å². The van der Waals surface area contributed by atoms with Gasteiger partial charge in [0.25, 0.3) is 5.91 Å². The molecule has 1 amide bonds. The second-order valence-corrected chi connectivity index (χ2v) is 8.19. The van der Waals surface area contributed by atoms with E-state index in [1.807, 2.05) is 30.9 Å². The molecule has 3 aromatic carbocycles. The van der Waals surface area contributed by atoms with E-state index in [0.29, 0.717) is 24.3 Å². The van der Waals surface area contributed by atoms with Crippen LogP contribution in [0.3, 0.4) is 0 Å². The summed E-state index contributed by atoms with van der Waals surface area (Å²) in [5, 5.41) is 2.84. The van der Waals surface area contributed by atoms with Gasteiger partial charge in [0.05, 0.1) is 0 Å². The Balaban J connectivity index is 1.41. The number of nitrogens with zero attached hydrogens (tertiary/aromatic N) is 2. The van der Waals surface area contributed by atoms with E-state index < -0.39 is 34.8 Å². The van der Waals surface area contributed by atoms with E-state index in [2.05, 4.69) is 5.32 Å². The van der Waals surface area contributed by atoms with E-state index in [4.69, 9.17) is 0 Å². The Morgan fingerprint density at radius 2 is 1.24 bits per heavy atom. The number of benzene rings is 3. The maximum absolute atomic E-state index is 14.1. The highest BCUT2D eigenvalue weighted by Crippen LogP contribution is 2.31. The second kappa shape index (κ2) is 9.32. The van der Waals surface area contributed by atoms with Crippen molar-refractivity contribution < 1.29 is 26.7 Å². The molecule has 4 rings (SSSR count). The fraction of sp³-hybridized carbons (Fsp3) is 0.240. The lowest BCUT2D eigenvalue weighted by atomic mass is 10.1. The van der Waals surface area contributed by atoms with Gasteiger partial charge < -0.3 is 15.1 Å². The van der Waals surface area contributed by atoms with Crippen LogP contribution in [0.4, 0.5) is 39.0 Å². The molecule has 1 saturated heterocycles. The van der Waals surface area contributed by atoms with Gasteiger partial charge in [-0.3, -0.25) is 4.79 Å². The zero-order valence-corrected chi connectivity index (χ0v) is 18.6. The first-order valence-electron chi connectivity index (χ1n) is 10.7. The molecule has 0 aromatic heterocycles. The van der Waals surface area contributed by atoms with Crippen molar-refractivity contribution in [2.24, 2.45) is 0 Å². The molecule has 1 aliphatic rings. The summed E-state index contributed by atoms with van der Waals surface area (Å²) in [6.07, 6.45) is 0. The van der Waals surface area contributed by atoms with Crippen LogP contribution in [-0.2, 0) is 0 Å². The number of halogens is 5. The molecule has 0 unspecified atom stereocenters. The number of carbonyl (C=O) groups excluding carboxylic acids is 1. The highest BCUT2D eigenvalue weighted by Gasteiger charge is 2.30. The fourth-order valence-corrected chi connectivity index (χ4v) is 3.90. The largest absolute Gasteiger partial charge is 0.368 e. The Labute approximate surface area is 193 Å². The quantitative estimate of drug-likeness (QED) is 0.304. The molecule has 0 radical (unpaired) electrons. The van der Waals surface area contributed by atoms with Crippen molar-refractivity contribution in [3.05, 3.63) is 88.2 Å². The number of hydrogen-bond donors (Lipinski definition) is 1. The minimum atomic E-state index is -2.16. The Kier molecular flexibility index (Phi) is 6.45. The first-order chi connectivity index (χ1) is 16.2. The van der Waals surface area contributed by atoms with Gasteiger partial charge in [0, 0.05) is 43.1 Å². The molecular formula is C25H22F5N3O. The molecule has 1 heterocycles. The first kappa shape index (κ1) is 23.5. The van der Waals surface area contributed by atoms with Crippen molar-refractivity contribution in [3.8, 4) is 0 Å². The van der Waals surface area contributed by atoms with Crippen molar-refractivity contribution in [1.82, 2.24) is 0 Å². The Bertz CT molecular complexity index is 1210. The van der Waals surface area contributed by atoms with Crippen LogP contribution >= 0.6 is 0 Å². The van der Waals surface area contributed by atoms with Crippen molar-refractivity contribution in [3.63, 3.8) is 0 Å². The van der Waals surface area contributed by atoms with E-state index in [1.165, 1.54) is 0 Å². The van der Waals surface area contributed by atoms with Gasteiger partial charge in [-0.15, -0.1) is 0 Å². The van der Waals surface area contributed by atoms with Gasteiger partial charge in [-0.05, 0) is 61.4 Å². The van der Waals surface area contributed by atoms with Gasteiger partial charge >= 0.3 is 0 Å². The summed E-state index contributed by atoms with van der Waals surface area (Å²) in [5.74, 6) is -9.94. The molecule has 0 bridgehead atoms. The monoisotopic (exact) mass is 475 g/mol. The zero-order valence-electron chi connectivity index (χ0n) is 18.6. The maximum atomic E-state index is 14.1. The molecule has 34 heavy (non-hydrogen) atoms. The van der Waals surface area contributed by atoms with Crippen molar-refractivity contribution in [2.75, 3.05) is 41.3 Å². The highest BCUT2D eigenvalue weighted by molar-refractivity contribution is 6.04. The van der Waals surface area contributed by atoms with Gasteiger partial charge in [-0.25, -0.2) is 22.0 Å². The standard InChI is InChI=1S/C25H22F5N3O/c1-14-3-4-16(13-15(14)2)25(34)31-17-5-7-18(8-6-17)32-9-11-33(12-10-32)24-22(29)20(27)19(26)21(28)23(24)30/h3-8,13H,9-12H2,1-2H3,(H,31,34). The lowest BCUT2D eigenvalue weighted by Gasteiger charge is -2.37. The Morgan fingerprint density at radius 3 is 1.79 bits per heavy atom. The molecule has 0 aliphatic carbocycles. The number of hydrogen-bond acceptors (Lipinski definition) is 3. The molecule has 1 aliphatic heterocycles. The number of amides is 1. The van der Waals surface area contributed by atoms with Crippen LogP contribution in [0.25, 0.3) is 0 Å². The number of nitrogens with one attached hydrogen (secondary N) is 1. The van der Waals surface area contributed by atoms with Crippen LogP contribution in [0, 0.1) is 42.9 Å². The molecule has 0 spiro atoms. The average molecular weight is 475 g/mol. The summed E-state index contributed by atoms with van der Waals surface area (Å²) >= 11 is 0. The van der Waals surface area contributed by atoms with Gasteiger partial charge in [0.2, 0.25) is 5.82 Å². The molecule has 1 fully saturated rings. The smallest absolute Gasteiger partial charge is 0.255 e. The topological polar surface area (TPSA) is 35.6 Å². The summed E-state index contributed by atoms with van der Waals surface area (Å²) in [6.45, 7) is 4.68. The molecule has 4 nitrogen and oxygen atoms in total. The fourth-order valence-electron chi connectivity index (χ4n) is 3.90. The highest BCUT2D eigenvalue weighted by atomic mass is 19.2. The molecular weight excluding hydrogens is 453 g/mol. The lowest BCUT2D eigenvalue weighted by molar-refractivity contribution is 0.102. The van der Waals surface area contributed by atoms with Gasteiger partial charge in [0.1, 0.15) is 5.69 Å². The number of aryl methyl sites for hydroxylation is 2. The van der Waals surface area contributed by atoms with Gasteiger partial charge in [-0.1, -0.05) is 6.07 Å². The minimum Gasteiger partial charge on any atom is -0.368 e. The number of piperazine rings is 1. The lowest BCUT2D eigenvalue weighted by Crippen LogP contribution is -2.47. The second-order valence-electron chi connectivity index (χ2n) is 8.19. The van der Waals surface area contributed by atoms with E-state index in [1.54, 1.807) is 30.3 Å². The third-order valence-electron chi connectivity index (χ3n) is 6.04. The third kappa shape index (κ3) is 4.42. The maximum Gasteiger partial charge on any atom is 0.255 e. The third-order valence-corrected chi connectivity index (χ3v) is 6.04. The number of rotatable bonds is 4. The van der Waals surface area contributed by atoms with Crippen LogP contribution in [0.15, 0.2) is 42.5 Å². The SMILES string of the molecule is Cc1ccc(C(=O)Nc2ccc(N3CCN(c4c(F)c(F)c(F)c(F)c4F)CC3)cc2)cc1C. The Morgan fingerprint density at radius 1 is 0.706 bits per heavy atom. The molecule has 1 N–H and O–H groups in total. The van der Waals surface area contributed by atoms with E-state index in [0.717, 1.165) is 21.7 Å². The molecule has 178 valence electrons. The zero-order chi connectivity index (χ0) is 24.6. The number of carbonyl (C=O) groups is 1. The normalized spacial score (nSPS) is 13.9. The summed E-state index contributed by atoms with van der Waals surface area (Å²) < 4.78 is 68.6. The van der Waals surface area contributed by atoms with E-state index >= 15 is 0 Å². The summed E-state index contributed by atoms with van der Waals surface area (Å²) in [7, 11) is 0. The summed E-state index contributed by atoms with van der Waals surface area (Å²) in [4.78, 5) is 15.6. The average Bonchev–Trinajstić information content (AvgIpc) is 2.84. The molecule has 3 aromatic rings. The van der Waals surface area contributed by atoms with Crippen molar-refractivity contribution in [1.29, 1.82) is 0 Å². The molecule has 9 heteroatoms. The van der Waals surface area contributed by atoms with Crippen LogP contribution < -0.4 is 15.1 Å². The van der Waals surface area contributed by atoms with E-state index in [9.17, 15) is 26.7 Å². The van der Waals surface area contributed by atoms with Gasteiger partial charge in [-0.2, -0.15) is 0 Å². The van der Waals surface area contributed by atoms with Crippen molar-refractivity contribution in [2.45, 2.75) is 13.8 Å². The number of anilines is 3. The van der Waals surface area contributed by atoms with Crippen LogP contribution in [-0.4, -0.2) is 32.1 Å². The Hall–Kier alpha value is -3.62. The van der Waals surface area contributed by atoms with Crippen molar-refractivity contribution >= 4 is 23.0 Å². The van der Waals surface area contributed by atoms with E-state index in [-0.39, 0.29) is 19.0 Å². The summed E-state index contributed by atoms with van der Waals surface area (Å²) in [5.41, 5.74) is 3.18. The van der Waals surface area contributed by atoms with Crippen LogP contribution in [0.2, 0.25) is 0 Å². The minimum absolute atomic E-state index is 0.0730. The van der Waals surface area contributed by atoms with Crippen LogP contribution in [0.5, 0.6) is 0 Å². The van der Waals surface area contributed by atoms with Gasteiger partial charge in [0.15, 0.2) is 23.3 Å². The first-order valence-corrected chi connectivity index (χ1v) is 10.7.